The van der Waals surface area contributed by atoms with Gasteiger partial charge in [0.25, 0.3) is 0 Å². The molecule has 0 atom stereocenters. The molecule has 7 heteroatoms. The minimum atomic E-state index is -0.101. The number of carbonyl (C=O) groups is 1. The van der Waals surface area contributed by atoms with Crippen LogP contribution in [0.25, 0.3) is 0 Å². The van der Waals surface area contributed by atoms with Crippen LogP contribution in [0.4, 0.5) is 5.69 Å². The van der Waals surface area contributed by atoms with Crippen LogP contribution in [0.15, 0.2) is 59.6 Å². The van der Waals surface area contributed by atoms with Crippen LogP contribution in [0.2, 0.25) is 0 Å². The van der Waals surface area contributed by atoms with E-state index < -0.39 is 0 Å². The first-order valence-electron chi connectivity index (χ1n) is 9.16. The molecule has 2 rings (SSSR count). The maximum absolute atomic E-state index is 11.1. The summed E-state index contributed by atoms with van der Waals surface area (Å²) in [7, 11) is 1.75. The van der Waals surface area contributed by atoms with E-state index in [1.165, 1.54) is 12.5 Å². The third-order valence-electron chi connectivity index (χ3n) is 3.82. The Morgan fingerprint density at radius 3 is 2.50 bits per heavy atom. The van der Waals surface area contributed by atoms with Gasteiger partial charge in [-0.3, -0.25) is 9.79 Å². The zero-order valence-electron chi connectivity index (χ0n) is 16.4. The quantitative estimate of drug-likeness (QED) is 0.215. The molecule has 0 heterocycles. The lowest BCUT2D eigenvalue weighted by Crippen LogP contribution is -2.39. The predicted molar refractivity (Wildman–Crippen MR) is 126 cm³/mol. The van der Waals surface area contributed by atoms with Crippen molar-refractivity contribution >= 4 is 41.5 Å². The van der Waals surface area contributed by atoms with Crippen molar-refractivity contribution in [1.82, 2.24) is 10.6 Å². The highest BCUT2D eigenvalue weighted by atomic mass is 127. The largest absolute Gasteiger partial charge is 0.492 e. The molecule has 6 nitrogen and oxygen atoms in total. The Kier molecular flexibility index (Phi) is 11.7. The summed E-state index contributed by atoms with van der Waals surface area (Å²) in [5.41, 5.74) is 2.07. The molecular formula is C21H29IN4O2. The fraction of sp³-hybridized carbons (Fsp3) is 0.333. The van der Waals surface area contributed by atoms with Crippen molar-refractivity contribution in [3.05, 3.63) is 60.2 Å². The highest BCUT2D eigenvalue weighted by Gasteiger charge is 2.00. The second-order valence-electron chi connectivity index (χ2n) is 6.07. The highest BCUT2D eigenvalue weighted by molar-refractivity contribution is 14.0. The maximum Gasteiger partial charge on any atom is 0.221 e. The molecule has 0 aliphatic heterocycles. The molecule has 0 spiro atoms. The summed E-state index contributed by atoms with van der Waals surface area (Å²) in [4.78, 5) is 15.3. The summed E-state index contributed by atoms with van der Waals surface area (Å²) in [6.07, 6.45) is 2.08. The molecule has 152 valence electrons. The van der Waals surface area contributed by atoms with E-state index >= 15 is 0 Å². The summed E-state index contributed by atoms with van der Waals surface area (Å²) in [5.74, 6) is 1.38. The standard InChI is InChI=1S/C21H28N4O2.HI/c1-17(26)25-19-11-6-12-20(16-19)27-15-14-24-21(22-2)23-13-7-10-18-8-4-3-5-9-18;/h3-6,8-9,11-12,16H,7,10,13-15H2,1-2H3,(H,25,26)(H2,22,23,24);1H. The number of carbonyl (C=O) groups excluding carboxylic acids is 1. The molecule has 0 unspecified atom stereocenters. The lowest BCUT2D eigenvalue weighted by molar-refractivity contribution is -0.114. The normalized spacial score (nSPS) is 10.6. The second kappa shape index (κ2) is 13.8. The Bertz CT molecular complexity index is 738. The van der Waals surface area contributed by atoms with Crippen LogP contribution in [0.1, 0.15) is 18.9 Å². The molecule has 3 N–H and O–H groups in total. The molecule has 0 saturated carbocycles. The molecule has 0 aliphatic carbocycles. The van der Waals surface area contributed by atoms with Gasteiger partial charge in [-0.1, -0.05) is 36.4 Å². The minimum Gasteiger partial charge on any atom is -0.492 e. The molecule has 1 amide bonds. The van der Waals surface area contributed by atoms with Crippen molar-refractivity contribution in [2.24, 2.45) is 4.99 Å². The molecule has 0 saturated heterocycles. The molecule has 2 aromatic carbocycles. The summed E-state index contributed by atoms with van der Waals surface area (Å²) in [5, 5.41) is 9.27. The molecule has 0 radical (unpaired) electrons. The highest BCUT2D eigenvalue weighted by Crippen LogP contribution is 2.16. The Balaban J connectivity index is 0.00000392. The van der Waals surface area contributed by atoms with E-state index in [4.69, 9.17) is 4.74 Å². The van der Waals surface area contributed by atoms with E-state index in [0.29, 0.717) is 18.9 Å². The number of benzene rings is 2. The van der Waals surface area contributed by atoms with Crippen molar-refractivity contribution in [2.75, 3.05) is 32.1 Å². The lowest BCUT2D eigenvalue weighted by Gasteiger charge is -2.13. The van der Waals surface area contributed by atoms with Crippen LogP contribution >= 0.6 is 24.0 Å². The van der Waals surface area contributed by atoms with Gasteiger partial charge in [0.15, 0.2) is 5.96 Å². The molecular weight excluding hydrogens is 467 g/mol. The van der Waals surface area contributed by atoms with Crippen LogP contribution in [-0.4, -0.2) is 38.6 Å². The van der Waals surface area contributed by atoms with Gasteiger partial charge in [-0.2, -0.15) is 0 Å². The second-order valence-corrected chi connectivity index (χ2v) is 6.07. The third-order valence-corrected chi connectivity index (χ3v) is 3.82. The van der Waals surface area contributed by atoms with Crippen LogP contribution < -0.4 is 20.7 Å². The number of guanidine groups is 1. The van der Waals surface area contributed by atoms with Gasteiger partial charge in [-0.05, 0) is 30.5 Å². The van der Waals surface area contributed by atoms with Gasteiger partial charge >= 0.3 is 0 Å². The van der Waals surface area contributed by atoms with E-state index in [9.17, 15) is 4.79 Å². The van der Waals surface area contributed by atoms with Crippen LogP contribution in [0, 0.1) is 0 Å². The summed E-state index contributed by atoms with van der Waals surface area (Å²) >= 11 is 0. The molecule has 0 fully saturated rings. The molecule has 28 heavy (non-hydrogen) atoms. The number of hydrogen-bond donors (Lipinski definition) is 3. The van der Waals surface area contributed by atoms with E-state index in [2.05, 4.69) is 45.2 Å². The topological polar surface area (TPSA) is 74.8 Å². The number of aryl methyl sites for hydroxylation is 1. The minimum absolute atomic E-state index is 0. The number of ether oxygens (including phenoxy) is 1. The molecule has 0 bridgehead atoms. The number of halogens is 1. The zero-order valence-corrected chi connectivity index (χ0v) is 18.7. The number of nitrogens with one attached hydrogen (secondary N) is 3. The molecule has 0 aliphatic rings. The van der Waals surface area contributed by atoms with Crippen molar-refractivity contribution < 1.29 is 9.53 Å². The van der Waals surface area contributed by atoms with E-state index in [1.54, 1.807) is 13.1 Å². The number of nitrogens with zero attached hydrogens (tertiary/aromatic N) is 1. The molecule has 2 aromatic rings. The molecule has 0 aromatic heterocycles. The number of hydrogen-bond acceptors (Lipinski definition) is 3. The Morgan fingerprint density at radius 1 is 1.04 bits per heavy atom. The van der Waals surface area contributed by atoms with E-state index in [-0.39, 0.29) is 29.9 Å². The van der Waals surface area contributed by atoms with Crippen LogP contribution in [0.5, 0.6) is 5.75 Å². The fourth-order valence-corrected chi connectivity index (χ4v) is 2.57. The average molecular weight is 496 g/mol. The summed E-state index contributed by atoms with van der Waals surface area (Å²) in [6.45, 7) is 3.46. The number of amides is 1. The SMILES string of the molecule is CN=C(NCCCc1ccccc1)NCCOc1cccc(NC(C)=O)c1.I. The van der Waals surface area contributed by atoms with Gasteiger partial charge in [-0.15, -0.1) is 24.0 Å². The van der Waals surface area contributed by atoms with E-state index in [1.807, 2.05) is 24.3 Å². The first-order valence-corrected chi connectivity index (χ1v) is 9.16. The van der Waals surface area contributed by atoms with Crippen LogP contribution in [-0.2, 0) is 11.2 Å². The van der Waals surface area contributed by atoms with Crippen molar-refractivity contribution in [3.63, 3.8) is 0 Å². The van der Waals surface area contributed by atoms with Crippen molar-refractivity contribution in [1.29, 1.82) is 0 Å². The summed E-state index contributed by atoms with van der Waals surface area (Å²) in [6, 6.07) is 17.8. The van der Waals surface area contributed by atoms with Crippen LogP contribution in [0.3, 0.4) is 0 Å². The monoisotopic (exact) mass is 496 g/mol. The Labute approximate surface area is 184 Å². The zero-order chi connectivity index (χ0) is 19.3. The van der Waals surface area contributed by atoms with E-state index in [0.717, 1.165) is 31.0 Å². The maximum atomic E-state index is 11.1. The first-order chi connectivity index (χ1) is 13.2. The van der Waals surface area contributed by atoms with Crippen molar-refractivity contribution in [2.45, 2.75) is 19.8 Å². The first kappa shape index (κ1) is 23.7. The Hall–Kier alpha value is -2.29. The van der Waals surface area contributed by atoms with Gasteiger partial charge in [-0.25, -0.2) is 0 Å². The van der Waals surface area contributed by atoms with Gasteiger partial charge in [0.2, 0.25) is 5.91 Å². The lowest BCUT2D eigenvalue weighted by atomic mass is 10.1. The number of aliphatic imine (C=N–C) groups is 1. The average Bonchev–Trinajstić information content (AvgIpc) is 2.67. The number of anilines is 1. The smallest absolute Gasteiger partial charge is 0.221 e. The predicted octanol–water partition coefficient (Wildman–Crippen LogP) is 3.44. The fourth-order valence-electron chi connectivity index (χ4n) is 2.57. The number of rotatable bonds is 9. The van der Waals surface area contributed by atoms with Gasteiger partial charge < -0.3 is 20.7 Å². The van der Waals surface area contributed by atoms with Gasteiger partial charge in [0.1, 0.15) is 12.4 Å². The third kappa shape index (κ3) is 9.59. The Morgan fingerprint density at radius 2 is 1.79 bits per heavy atom. The van der Waals surface area contributed by atoms with Gasteiger partial charge in [0.05, 0.1) is 6.54 Å². The van der Waals surface area contributed by atoms with Gasteiger partial charge in [0, 0.05) is 32.3 Å². The van der Waals surface area contributed by atoms with Crippen molar-refractivity contribution in [3.8, 4) is 5.75 Å². The summed E-state index contributed by atoms with van der Waals surface area (Å²) < 4.78 is 5.71.